The first kappa shape index (κ1) is 16.8. The topological polar surface area (TPSA) is 71.3 Å². The molecular formula is C16H22N2O3. The summed E-state index contributed by atoms with van der Waals surface area (Å²) in [5.41, 5.74) is -0.903. The van der Waals surface area contributed by atoms with Gasteiger partial charge in [-0.05, 0) is 31.9 Å². The number of carbonyl (C=O) groups excluding carboxylic acids is 1. The van der Waals surface area contributed by atoms with Gasteiger partial charge in [-0.2, -0.15) is 5.26 Å². The van der Waals surface area contributed by atoms with Gasteiger partial charge in [-0.25, -0.2) is 0 Å². The van der Waals surface area contributed by atoms with E-state index in [-0.39, 0.29) is 18.4 Å². The van der Waals surface area contributed by atoms with Gasteiger partial charge in [-0.3, -0.25) is 4.79 Å². The van der Waals surface area contributed by atoms with E-state index in [1.807, 2.05) is 32.9 Å². The quantitative estimate of drug-likeness (QED) is 0.837. The molecule has 0 radical (unpaired) electrons. The van der Waals surface area contributed by atoms with Gasteiger partial charge in [0.1, 0.15) is 5.54 Å². The van der Waals surface area contributed by atoms with Crippen LogP contribution in [0.3, 0.4) is 0 Å². The highest BCUT2D eigenvalue weighted by Crippen LogP contribution is 2.26. The van der Waals surface area contributed by atoms with Crippen molar-refractivity contribution in [3.8, 4) is 17.6 Å². The molecule has 5 nitrogen and oxygen atoms in total. The molecule has 114 valence electrons. The average molecular weight is 290 g/mol. The molecule has 0 bridgehead atoms. The molecule has 1 atom stereocenters. The Morgan fingerprint density at radius 3 is 2.38 bits per heavy atom. The van der Waals surface area contributed by atoms with Crippen molar-refractivity contribution in [2.24, 2.45) is 5.92 Å². The van der Waals surface area contributed by atoms with Crippen LogP contribution in [0.2, 0.25) is 0 Å². The van der Waals surface area contributed by atoms with Gasteiger partial charge in [0.25, 0.3) is 5.91 Å². The first-order valence-corrected chi connectivity index (χ1v) is 6.99. The summed E-state index contributed by atoms with van der Waals surface area (Å²) in [6.07, 6.45) is 0. The second-order valence-electron chi connectivity index (χ2n) is 5.19. The fraction of sp³-hybridized carbons (Fsp3) is 0.500. The lowest BCUT2D eigenvalue weighted by atomic mass is 9.90. The molecule has 1 rings (SSSR count). The standard InChI is InChI=1S/C16H22N2O3/c1-5-20-13-8-6-7-9-14(13)21-10-15(19)18-16(4,11-17)12(2)3/h6-9,12H,5,10H2,1-4H3,(H,18,19). The molecule has 0 saturated heterocycles. The SMILES string of the molecule is CCOc1ccccc1OCC(=O)NC(C)(C#N)C(C)C. The van der Waals surface area contributed by atoms with E-state index < -0.39 is 5.54 Å². The summed E-state index contributed by atoms with van der Waals surface area (Å²) >= 11 is 0. The predicted octanol–water partition coefficient (Wildman–Crippen LogP) is 2.52. The van der Waals surface area contributed by atoms with Gasteiger partial charge in [-0.15, -0.1) is 0 Å². The summed E-state index contributed by atoms with van der Waals surface area (Å²) < 4.78 is 10.9. The summed E-state index contributed by atoms with van der Waals surface area (Å²) in [5.74, 6) is 0.777. The van der Waals surface area contributed by atoms with Crippen LogP contribution in [-0.2, 0) is 4.79 Å². The molecule has 1 unspecified atom stereocenters. The van der Waals surface area contributed by atoms with Crippen LogP contribution >= 0.6 is 0 Å². The molecule has 0 spiro atoms. The van der Waals surface area contributed by atoms with Gasteiger partial charge in [-0.1, -0.05) is 26.0 Å². The van der Waals surface area contributed by atoms with Gasteiger partial charge in [0, 0.05) is 0 Å². The highest BCUT2D eigenvalue weighted by molar-refractivity contribution is 5.79. The number of hydrogen-bond acceptors (Lipinski definition) is 4. The zero-order chi connectivity index (χ0) is 15.9. The van der Waals surface area contributed by atoms with E-state index in [1.54, 1.807) is 19.1 Å². The molecule has 5 heteroatoms. The fourth-order valence-electron chi connectivity index (χ4n) is 1.61. The average Bonchev–Trinajstić information content (AvgIpc) is 2.46. The van der Waals surface area contributed by atoms with Gasteiger partial charge >= 0.3 is 0 Å². The van der Waals surface area contributed by atoms with E-state index in [1.165, 1.54) is 0 Å². The Hall–Kier alpha value is -2.22. The number of nitrogens with one attached hydrogen (secondary N) is 1. The molecule has 0 aliphatic heterocycles. The van der Waals surface area contributed by atoms with E-state index in [0.717, 1.165) is 0 Å². The number of ether oxygens (including phenoxy) is 2. The van der Waals surface area contributed by atoms with Crippen molar-refractivity contribution in [2.75, 3.05) is 13.2 Å². The number of amides is 1. The maximum atomic E-state index is 11.9. The minimum atomic E-state index is -0.903. The van der Waals surface area contributed by atoms with Crippen LogP contribution in [0.4, 0.5) is 0 Å². The van der Waals surface area contributed by atoms with Crippen LogP contribution in [0.25, 0.3) is 0 Å². The summed E-state index contributed by atoms with van der Waals surface area (Å²) in [7, 11) is 0. The summed E-state index contributed by atoms with van der Waals surface area (Å²) in [6, 6.07) is 9.29. The van der Waals surface area contributed by atoms with Crippen LogP contribution in [0.1, 0.15) is 27.7 Å². The van der Waals surface area contributed by atoms with Crippen LogP contribution in [-0.4, -0.2) is 24.7 Å². The Morgan fingerprint density at radius 2 is 1.90 bits per heavy atom. The highest BCUT2D eigenvalue weighted by Gasteiger charge is 2.30. The Kier molecular flexibility index (Phi) is 6.04. The predicted molar refractivity (Wildman–Crippen MR) is 80.1 cm³/mol. The number of benzene rings is 1. The Morgan fingerprint density at radius 1 is 1.33 bits per heavy atom. The number of para-hydroxylation sites is 2. The number of carbonyl (C=O) groups is 1. The van der Waals surface area contributed by atoms with Crippen LogP contribution < -0.4 is 14.8 Å². The highest BCUT2D eigenvalue weighted by atomic mass is 16.5. The van der Waals surface area contributed by atoms with Crippen molar-refractivity contribution in [2.45, 2.75) is 33.2 Å². The molecule has 1 aromatic rings. The van der Waals surface area contributed by atoms with Crippen molar-refractivity contribution < 1.29 is 14.3 Å². The normalized spacial score (nSPS) is 13.1. The van der Waals surface area contributed by atoms with E-state index in [0.29, 0.717) is 18.1 Å². The molecule has 0 fully saturated rings. The molecule has 1 N–H and O–H groups in total. The molecule has 0 aromatic heterocycles. The Balaban J connectivity index is 2.64. The lowest BCUT2D eigenvalue weighted by molar-refractivity contribution is -0.124. The van der Waals surface area contributed by atoms with Crippen molar-refractivity contribution in [3.05, 3.63) is 24.3 Å². The van der Waals surface area contributed by atoms with Gasteiger partial charge in [0.2, 0.25) is 0 Å². The van der Waals surface area contributed by atoms with Crippen molar-refractivity contribution in [3.63, 3.8) is 0 Å². The summed E-state index contributed by atoms with van der Waals surface area (Å²) in [6.45, 7) is 7.71. The number of nitriles is 1. The minimum Gasteiger partial charge on any atom is -0.490 e. The maximum absolute atomic E-state index is 11.9. The monoisotopic (exact) mass is 290 g/mol. The summed E-state index contributed by atoms with van der Waals surface area (Å²) in [5, 5.41) is 11.9. The third-order valence-corrected chi connectivity index (χ3v) is 3.29. The number of hydrogen-bond donors (Lipinski definition) is 1. The van der Waals surface area contributed by atoms with Crippen LogP contribution in [0, 0.1) is 17.2 Å². The lowest BCUT2D eigenvalue weighted by Crippen LogP contribution is -2.50. The minimum absolute atomic E-state index is 0.00200. The molecular weight excluding hydrogens is 268 g/mol. The molecule has 1 aromatic carbocycles. The third kappa shape index (κ3) is 4.67. The van der Waals surface area contributed by atoms with Crippen molar-refractivity contribution in [1.82, 2.24) is 5.32 Å². The second-order valence-corrected chi connectivity index (χ2v) is 5.19. The van der Waals surface area contributed by atoms with Gasteiger partial charge in [0.05, 0.1) is 12.7 Å². The van der Waals surface area contributed by atoms with E-state index in [2.05, 4.69) is 11.4 Å². The molecule has 0 saturated carbocycles. The van der Waals surface area contributed by atoms with E-state index in [4.69, 9.17) is 9.47 Å². The molecule has 21 heavy (non-hydrogen) atoms. The third-order valence-electron chi connectivity index (χ3n) is 3.29. The molecule has 0 heterocycles. The number of nitrogens with zero attached hydrogens (tertiary/aromatic N) is 1. The molecule has 1 amide bonds. The zero-order valence-electron chi connectivity index (χ0n) is 13.0. The lowest BCUT2D eigenvalue weighted by Gasteiger charge is -2.27. The van der Waals surface area contributed by atoms with E-state index in [9.17, 15) is 10.1 Å². The maximum Gasteiger partial charge on any atom is 0.259 e. The smallest absolute Gasteiger partial charge is 0.259 e. The van der Waals surface area contributed by atoms with Crippen molar-refractivity contribution >= 4 is 5.91 Å². The van der Waals surface area contributed by atoms with Gasteiger partial charge in [0.15, 0.2) is 18.1 Å². The zero-order valence-corrected chi connectivity index (χ0v) is 13.0. The van der Waals surface area contributed by atoms with Crippen LogP contribution in [0.5, 0.6) is 11.5 Å². The molecule has 0 aliphatic carbocycles. The largest absolute Gasteiger partial charge is 0.490 e. The van der Waals surface area contributed by atoms with E-state index >= 15 is 0 Å². The fourth-order valence-corrected chi connectivity index (χ4v) is 1.61. The first-order valence-electron chi connectivity index (χ1n) is 6.99. The Bertz CT molecular complexity index is 522. The van der Waals surface area contributed by atoms with Crippen LogP contribution in [0.15, 0.2) is 24.3 Å². The van der Waals surface area contributed by atoms with Gasteiger partial charge < -0.3 is 14.8 Å². The van der Waals surface area contributed by atoms with Crippen molar-refractivity contribution in [1.29, 1.82) is 5.26 Å². The number of rotatable bonds is 7. The summed E-state index contributed by atoms with van der Waals surface area (Å²) in [4.78, 5) is 11.9. The second kappa shape index (κ2) is 7.53. The Labute approximate surface area is 125 Å². The molecule has 0 aliphatic rings. The first-order chi connectivity index (χ1) is 9.92.